The first kappa shape index (κ1) is 44.9. The number of hydrogen-bond acceptors (Lipinski definition) is 19. The Morgan fingerprint density at radius 1 is 1.00 bits per heavy atom. The number of aryl methyl sites for hydroxylation is 1. The Morgan fingerprint density at radius 3 is 2.40 bits per heavy atom. The molecule has 2 saturated heterocycles. The lowest BCUT2D eigenvalue weighted by atomic mass is 10.1. The van der Waals surface area contributed by atoms with Crippen LogP contribution in [0.2, 0.25) is 0 Å². The number of anilines is 2. The van der Waals surface area contributed by atoms with Crippen molar-refractivity contribution in [2.24, 2.45) is 5.92 Å². The van der Waals surface area contributed by atoms with Gasteiger partial charge in [0.05, 0.1) is 45.0 Å². The zero-order valence-electron chi connectivity index (χ0n) is 34.0. The highest BCUT2D eigenvalue weighted by atomic mass is 32.5. The minimum atomic E-state index is -3.91. The molecule has 0 bridgehead atoms. The van der Waals surface area contributed by atoms with Crippen LogP contribution in [0, 0.1) is 24.2 Å². The van der Waals surface area contributed by atoms with E-state index < -0.39 is 86.4 Å². The van der Waals surface area contributed by atoms with Crippen molar-refractivity contribution >= 4 is 64.4 Å². The molecule has 0 radical (unpaired) electrons. The lowest BCUT2D eigenvalue weighted by Crippen LogP contribution is -2.38. The van der Waals surface area contributed by atoms with E-state index in [1.807, 2.05) is 19.1 Å². The summed E-state index contributed by atoms with van der Waals surface area (Å²) >= 11 is 5.85. The van der Waals surface area contributed by atoms with Gasteiger partial charge in [0.1, 0.15) is 43.0 Å². The molecule has 9 atom stereocenters. The van der Waals surface area contributed by atoms with Gasteiger partial charge in [0.2, 0.25) is 11.9 Å². The molecule has 2 fully saturated rings. The molecule has 2 aliphatic rings. The molecule has 62 heavy (non-hydrogen) atoms. The van der Waals surface area contributed by atoms with Gasteiger partial charge in [0.15, 0.2) is 40.6 Å². The van der Waals surface area contributed by atoms with Crippen molar-refractivity contribution in [1.29, 1.82) is 5.26 Å². The van der Waals surface area contributed by atoms with Gasteiger partial charge in [-0.15, -0.1) is 0 Å². The summed E-state index contributed by atoms with van der Waals surface area (Å²) in [5.41, 5.74) is 1.20. The first-order valence-electron chi connectivity index (χ1n) is 19.2. The number of hydrogen-bond donors (Lipinski definition) is 5. The van der Waals surface area contributed by atoms with E-state index in [4.69, 9.17) is 44.3 Å². The number of methoxy groups -OCH3 is 2. The van der Waals surface area contributed by atoms with Crippen LogP contribution >= 0.6 is 6.72 Å². The molecule has 5 unspecified atom stereocenters. The molecule has 0 spiro atoms. The number of aliphatic hydroxyl groups excluding tert-OH is 2. The van der Waals surface area contributed by atoms with Crippen molar-refractivity contribution in [2.75, 3.05) is 44.7 Å². The van der Waals surface area contributed by atoms with Crippen LogP contribution in [-0.4, -0.2) is 132 Å². The number of rotatable bonds is 17. The van der Waals surface area contributed by atoms with E-state index in [1.54, 1.807) is 32.0 Å². The average molecular weight is 898 g/mol. The van der Waals surface area contributed by atoms with Gasteiger partial charge in [0.25, 0.3) is 11.5 Å². The fraction of sp³-hybridized carbons (Fsp3) is 0.486. The van der Waals surface area contributed by atoms with Crippen molar-refractivity contribution < 1.29 is 52.3 Å². The number of imidazole rings is 2. The normalized spacial score (nSPS) is 24.7. The molecule has 25 heteroatoms. The summed E-state index contributed by atoms with van der Waals surface area (Å²) in [6.45, 7) is 0.133. The highest BCUT2D eigenvalue weighted by Crippen LogP contribution is 2.54. The Kier molecular flexibility index (Phi) is 13.8. The van der Waals surface area contributed by atoms with Gasteiger partial charge in [-0.25, -0.2) is 19.9 Å². The Hall–Kier alpha value is -5.16. The number of carbonyl (C=O) groups is 2. The van der Waals surface area contributed by atoms with Crippen molar-refractivity contribution in [1.82, 2.24) is 39.0 Å². The van der Waals surface area contributed by atoms with Crippen molar-refractivity contribution in [2.45, 2.75) is 76.3 Å². The lowest BCUT2D eigenvalue weighted by molar-refractivity contribution is -0.118. The minimum Gasteiger partial charge on any atom is -0.394 e. The summed E-state index contributed by atoms with van der Waals surface area (Å²) in [5.74, 6) is -1.15. The summed E-state index contributed by atoms with van der Waals surface area (Å²) in [6, 6.07) is 9.03. The Labute approximate surface area is 357 Å². The minimum absolute atomic E-state index is 0.0353. The molecule has 5 aromatic rings. The van der Waals surface area contributed by atoms with E-state index in [0.29, 0.717) is 5.56 Å². The van der Waals surface area contributed by atoms with Gasteiger partial charge in [-0.3, -0.25) is 38.3 Å². The third-order valence-electron chi connectivity index (χ3n) is 10.1. The fourth-order valence-corrected chi connectivity index (χ4v) is 9.03. The van der Waals surface area contributed by atoms with Gasteiger partial charge >= 0.3 is 6.72 Å². The monoisotopic (exact) mass is 897 g/mol. The van der Waals surface area contributed by atoms with E-state index in [-0.39, 0.29) is 53.0 Å². The molecule has 330 valence electrons. The number of amides is 2. The van der Waals surface area contributed by atoms with Crippen molar-refractivity contribution in [3.05, 3.63) is 64.7 Å². The molecule has 1 aromatic carbocycles. The molecular weight excluding hydrogens is 854 g/mol. The molecule has 5 N–H and O–H groups in total. The Morgan fingerprint density at radius 2 is 1.71 bits per heavy atom. The highest BCUT2D eigenvalue weighted by Gasteiger charge is 2.51. The average Bonchev–Trinajstić information content (AvgIpc) is 4.03. The first-order valence-corrected chi connectivity index (χ1v) is 21.8. The van der Waals surface area contributed by atoms with Crippen LogP contribution in [0.4, 0.5) is 11.8 Å². The van der Waals surface area contributed by atoms with Crippen LogP contribution in [0.5, 0.6) is 0 Å². The zero-order chi connectivity index (χ0) is 44.3. The summed E-state index contributed by atoms with van der Waals surface area (Å²) in [6.07, 6.45) is -4.93. The number of aliphatic hydroxyl groups is 2. The topological polar surface area (TPSA) is 294 Å². The second-order valence-corrected chi connectivity index (χ2v) is 17.5. The molecule has 6 heterocycles. The summed E-state index contributed by atoms with van der Waals surface area (Å²) < 4.78 is 45.3. The number of nitrogens with one attached hydrogen (secondary N) is 3. The van der Waals surface area contributed by atoms with Crippen LogP contribution in [0.3, 0.4) is 0 Å². The van der Waals surface area contributed by atoms with Crippen LogP contribution in [0.15, 0.2) is 48.0 Å². The van der Waals surface area contributed by atoms with E-state index in [1.165, 1.54) is 42.3 Å². The standard InChI is InChI=1S/C37H44N11O12PS/c1-18(2)32(51)45-37-44-31-24(34(53)46-37)42-17-48(31)36-28(55-5)26(21(13-49)58-36)60-61(62,56-11-7-10-38)57-14-22-25(50)27(54-4)35(59-22)47-16-41-23-29(39-15-40-30(23)47)43-33(52)20-9-6-8-19(3)12-20/h6,8-9,12,15-18,21-22,25-28,35-36,49-50H,7,11,13-14H2,1-5H3,(H,39,40,43,52)(H2,44,45,46,51,53)/t21-,22-,25?,26?,27?,28?,35-,36-,61?/m1/s1. The zero-order valence-corrected chi connectivity index (χ0v) is 35.7. The van der Waals surface area contributed by atoms with Gasteiger partial charge in [-0.05, 0) is 30.9 Å². The predicted octanol–water partition coefficient (Wildman–Crippen LogP) is 1.85. The number of nitrogens with zero attached hydrogens (tertiary/aromatic N) is 8. The SMILES string of the molecule is COC1C(O)[C@@H](COP(=S)(OCCC#N)OC2C(OC)[C@H](n3cnc4c(=O)[nH]c(NC(=O)C(C)C)nc43)O[C@@H]2CO)O[C@H]1n1cnc2c(NC(=O)c3cccc(C)c3)ncnc21. The molecule has 0 saturated carbocycles. The van der Waals surface area contributed by atoms with Gasteiger partial charge in [-0.1, -0.05) is 31.5 Å². The number of carbonyl (C=O) groups excluding carboxylic acids is 2. The number of benzene rings is 1. The maximum atomic E-state index is 13.1. The second kappa shape index (κ2) is 19.1. The predicted molar refractivity (Wildman–Crippen MR) is 220 cm³/mol. The van der Waals surface area contributed by atoms with Crippen LogP contribution < -0.4 is 16.2 Å². The molecule has 0 aliphatic carbocycles. The van der Waals surface area contributed by atoms with E-state index >= 15 is 0 Å². The van der Waals surface area contributed by atoms with Gasteiger partial charge in [-0.2, -0.15) is 10.2 Å². The Balaban J connectivity index is 1.10. The number of H-pyrrole nitrogens is 1. The first-order chi connectivity index (χ1) is 29.8. The quantitative estimate of drug-likeness (QED) is 0.0657. The largest absolute Gasteiger partial charge is 0.394 e. The summed E-state index contributed by atoms with van der Waals surface area (Å²) in [7, 11) is 2.76. The summed E-state index contributed by atoms with van der Waals surface area (Å²) in [4.78, 5) is 62.5. The second-order valence-electron chi connectivity index (χ2n) is 14.5. The maximum absolute atomic E-state index is 13.1. The van der Waals surface area contributed by atoms with E-state index in [0.717, 1.165) is 5.56 Å². The molecule has 23 nitrogen and oxygen atoms in total. The molecule has 2 amide bonds. The molecule has 4 aromatic heterocycles. The maximum Gasteiger partial charge on any atom is 0.327 e. The van der Waals surface area contributed by atoms with E-state index in [9.17, 15) is 29.9 Å². The number of aromatic nitrogens is 8. The highest BCUT2D eigenvalue weighted by molar-refractivity contribution is 8.07. The summed E-state index contributed by atoms with van der Waals surface area (Å²) in [5, 5.41) is 36.6. The molecule has 7 rings (SSSR count). The number of ether oxygens (including phenoxy) is 4. The fourth-order valence-electron chi connectivity index (χ4n) is 6.94. The lowest BCUT2D eigenvalue weighted by Gasteiger charge is -2.30. The molecular formula is C37H44N11O12PS. The van der Waals surface area contributed by atoms with Crippen LogP contribution in [-0.2, 0) is 49.1 Å². The van der Waals surface area contributed by atoms with E-state index in [2.05, 4.69) is 40.5 Å². The van der Waals surface area contributed by atoms with Crippen LogP contribution in [0.25, 0.3) is 22.3 Å². The number of aromatic amines is 1. The van der Waals surface area contributed by atoms with Gasteiger partial charge < -0.3 is 43.5 Å². The number of nitriles is 1. The third-order valence-corrected chi connectivity index (χ3v) is 12.4. The third kappa shape index (κ3) is 9.15. The number of fused-ring (bicyclic) bond motifs is 2. The van der Waals surface area contributed by atoms with Gasteiger partial charge in [0, 0.05) is 25.7 Å². The Bertz CT molecular complexity index is 2580. The van der Waals surface area contributed by atoms with Crippen LogP contribution in [0.1, 0.15) is 48.6 Å². The molecule has 2 aliphatic heterocycles. The van der Waals surface area contributed by atoms with Crippen molar-refractivity contribution in [3.63, 3.8) is 0 Å². The van der Waals surface area contributed by atoms with Crippen molar-refractivity contribution in [3.8, 4) is 6.07 Å². The smallest absolute Gasteiger partial charge is 0.327 e.